The third-order valence-electron chi connectivity index (χ3n) is 5.59. The van der Waals surface area contributed by atoms with Gasteiger partial charge in [-0.25, -0.2) is 0 Å². The Bertz CT molecular complexity index is 517. The van der Waals surface area contributed by atoms with E-state index in [1.54, 1.807) is 6.07 Å². The number of hydrogen-bond acceptors (Lipinski definition) is 3. The zero-order chi connectivity index (χ0) is 13.8. The lowest BCUT2D eigenvalue weighted by molar-refractivity contribution is -0.0789. The molecule has 3 nitrogen and oxygen atoms in total. The molecule has 1 fully saturated rings. The maximum Gasteiger partial charge on any atom is 0.115 e. The van der Waals surface area contributed by atoms with Crippen molar-refractivity contribution in [1.29, 1.82) is 0 Å². The molecule has 4 heteroatoms. The number of likely N-dealkylation sites (N-methyl/N-ethyl adjacent to an activating group) is 1. The first-order valence-corrected chi connectivity index (χ1v) is 7.11. The Labute approximate surface area is 127 Å². The molecule has 1 aliphatic heterocycles. The summed E-state index contributed by atoms with van der Waals surface area (Å²) in [5, 5.41) is 21.0. The van der Waals surface area contributed by atoms with E-state index in [0.29, 0.717) is 5.75 Å². The molecular formula is C16H24ClNO2. The third-order valence-corrected chi connectivity index (χ3v) is 5.59. The second kappa shape index (κ2) is 4.90. The molecule has 1 aromatic carbocycles. The maximum absolute atomic E-state index is 11.2. The fraction of sp³-hybridized carbons (Fsp3) is 0.625. The SMILES string of the molecule is CN1CCC[C@@]2(C)c3cc(O)ccc3CC1C2(C)O.Cl. The average molecular weight is 298 g/mol. The molecule has 0 radical (unpaired) electrons. The summed E-state index contributed by atoms with van der Waals surface area (Å²) < 4.78 is 0. The Hall–Kier alpha value is -0.770. The lowest BCUT2D eigenvalue weighted by Crippen LogP contribution is -2.62. The molecule has 2 bridgehead atoms. The summed E-state index contributed by atoms with van der Waals surface area (Å²) >= 11 is 0. The van der Waals surface area contributed by atoms with Crippen molar-refractivity contribution in [2.24, 2.45) is 0 Å². The van der Waals surface area contributed by atoms with E-state index in [9.17, 15) is 10.2 Å². The van der Waals surface area contributed by atoms with Crippen LogP contribution in [0.25, 0.3) is 0 Å². The minimum atomic E-state index is -0.765. The molecule has 2 unspecified atom stereocenters. The molecule has 20 heavy (non-hydrogen) atoms. The quantitative estimate of drug-likeness (QED) is 0.773. The van der Waals surface area contributed by atoms with E-state index < -0.39 is 5.60 Å². The number of phenolic OH excluding ortho intramolecular Hbond substituents is 1. The van der Waals surface area contributed by atoms with Gasteiger partial charge in [-0.2, -0.15) is 0 Å². The largest absolute Gasteiger partial charge is 0.508 e. The Morgan fingerprint density at radius 1 is 1.30 bits per heavy atom. The van der Waals surface area contributed by atoms with Gasteiger partial charge < -0.3 is 15.1 Å². The number of benzene rings is 1. The molecule has 3 atom stereocenters. The van der Waals surface area contributed by atoms with Gasteiger partial charge in [-0.05, 0) is 63.0 Å². The monoisotopic (exact) mass is 297 g/mol. The normalized spacial score (nSPS) is 36.7. The molecule has 2 aliphatic rings. The molecule has 0 saturated carbocycles. The number of halogens is 1. The van der Waals surface area contributed by atoms with Crippen LogP contribution in [0.4, 0.5) is 0 Å². The summed E-state index contributed by atoms with van der Waals surface area (Å²) in [5.41, 5.74) is 1.35. The van der Waals surface area contributed by atoms with E-state index >= 15 is 0 Å². The summed E-state index contributed by atoms with van der Waals surface area (Å²) in [4.78, 5) is 2.29. The van der Waals surface area contributed by atoms with Crippen molar-refractivity contribution in [3.05, 3.63) is 29.3 Å². The van der Waals surface area contributed by atoms with Gasteiger partial charge in [0.15, 0.2) is 0 Å². The van der Waals surface area contributed by atoms with E-state index in [2.05, 4.69) is 18.9 Å². The minimum absolute atomic E-state index is 0. The maximum atomic E-state index is 11.2. The van der Waals surface area contributed by atoms with Crippen molar-refractivity contribution >= 4 is 12.4 Å². The standard InChI is InChI=1S/C16H23NO2.ClH/c1-15-7-4-8-17(3)14(16(15,2)19)9-11-5-6-12(18)10-13(11)15;/h5-6,10,14,18-19H,4,7-9H2,1-3H3;1H/t14?,15-,16?;/m0./s1. The minimum Gasteiger partial charge on any atom is -0.508 e. The molecule has 1 heterocycles. The first-order chi connectivity index (χ1) is 8.86. The van der Waals surface area contributed by atoms with Crippen LogP contribution in [0, 0.1) is 0 Å². The van der Waals surface area contributed by atoms with Gasteiger partial charge in [0.1, 0.15) is 5.75 Å². The summed E-state index contributed by atoms with van der Waals surface area (Å²) in [7, 11) is 2.11. The van der Waals surface area contributed by atoms with Crippen LogP contribution < -0.4 is 0 Å². The van der Waals surface area contributed by atoms with E-state index in [1.807, 2.05) is 19.1 Å². The molecule has 0 amide bonds. The van der Waals surface area contributed by atoms with Crippen LogP contribution in [0.15, 0.2) is 18.2 Å². The van der Waals surface area contributed by atoms with E-state index in [1.165, 1.54) is 5.56 Å². The van der Waals surface area contributed by atoms with Gasteiger partial charge >= 0.3 is 0 Å². The molecule has 112 valence electrons. The highest BCUT2D eigenvalue weighted by Crippen LogP contribution is 2.50. The van der Waals surface area contributed by atoms with Gasteiger partial charge in [-0.15, -0.1) is 12.4 Å². The highest BCUT2D eigenvalue weighted by atomic mass is 35.5. The topological polar surface area (TPSA) is 43.7 Å². The Morgan fingerprint density at radius 3 is 2.70 bits per heavy atom. The van der Waals surface area contributed by atoms with Crippen molar-refractivity contribution in [1.82, 2.24) is 4.90 Å². The zero-order valence-electron chi connectivity index (χ0n) is 12.4. The molecule has 2 N–H and O–H groups in total. The first-order valence-electron chi connectivity index (χ1n) is 7.11. The molecule has 1 aliphatic carbocycles. The summed E-state index contributed by atoms with van der Waals surface area (Å²) in [6.07, 6.45) is 2.89. The highest BCUT2D eigenvalue weighted by molar-refractivity contribution is 5.85. The molecular weight excluding hydrogens is 274 g/mol. The van der Waals surface area contributed by atoms with Crippen molar-refractivity contribution in [2.45, 2.75) is 50.2 Å². The molecule has 0 aromatic heterocycles. The number of phenols is 1. The summed E-state index contributed by atoms with van der Waals surface area (Å²) in [6, 6.07) is 5.78. The van der Waals surface area contributed by atoms with Crippen molar-refractivity contribution in [2.75, 3.05) is 13.6 Å². The number of nitrogens with zero attached hydrogens (tertiary/aromatic N) is 1. The average Bonchev–Trinajstić information content (AvgIpc) is 2.39. The van der Waals surface area contributed by atoms with Gasteiger partial charge in [0.05, 0.1) is 5.60 Å². The number of aliphatic hydroxyl groups is 1. The lowest BCUT2D eigenvalue weighted by Gasteiger charge is -2.52. The van der Waals surface area contributed by atoms with Crippen LogP contribution in [0.1, 0.15) is 37.8 Å². The number of likely N-dealkylation sites (tertiary alicyclic amines) is 1. The van der Waals surface area contributed by atoms with E-state index in [0.717, 1.165) is 31.4 Å². The van der Waals surface area contributed by atoms with Gasteiger partial charge in [0.2, 0.25) is 0 Å². The zero-order valence-corrected chi connectivity index (χ0v) is 13.2. The Morgan fingerprint density at radius 2 is 2.00 bits per heavy atom. The van der Waals surface area contributed by atoms with Crippen molar-refractivity contribution < 1.29 is 10.2 Å². The van der Waals surface area contributed by atoms with Gasteiger partial charge in [-0.1, -0.05) is 13.0 Å². The molecule has 1 saturated heterocycles. The van der Waals surface area contributed by atoms with Crippen LogP contribution in [-0.2, 0) is 11.8 Å². The van der Waals surface area contributed by atoms with Crippen LogP contribution in [0.5, 0.6) is 5.75 Å². The van der Waals surface area contributed by atoms with Crippen LogP contribution in [-0.4, -0.2) is 40.3 Å². The fourth-order valence-electron chi connectivity index (χ4n) is 4.11. The second-order valence-electron chi connectivity index (χ2n) is 6.63. The Balaban J connectivity index is 0.00000147. The lowest BCUT2D eigenvalue weighted by atomic mass is 9.59. The van der Waals surface area contributed by atoms with Gasteiger partial charge in [0, 0.05) is 11.5 Å². The van der Waals surface area contributed by atoms with Gasteiger partial charge in [0.25, 0.3) is 0 Å². The molecule has 1 aromatic rings. The van der Waals surface area contributed by atoms with E-state index in [4.69, 9.17) is 0 Å². The van der Waals surface area contributed by atoms with Crippen LogP contribution in [0.3, 0.4) is 0 Å². The summed E-state index contributed by atoms with van der Waals surface area (Å²) in [5.74, 6) is 0.298. The van der Waals surface area contributed by atoms with Gasteiger partial charge in [-0.3, -0.25) is 0 Å². The highest BCUT2D eigenvalue weighted by Gasteiger charge is 2.55. The fourth-order valence-corrected chi connectivity index (χ4v) is 4.11. The van der Waals surface area contributed by atoms with Crippen LogP contribution >= 0.6 is 12.4 Å². The first kappa shape index (κ1) is 15.6. The predicted molar refractivity (Wildman–Crippen MR) is 82.7 cm³/mol. The number of hydrogen-bond donors (Lipinski definition) is 2. The number of rotatable bonds is 0. The van der Waals surface area contributed by atoms with Crippen molar-refractivity contribution in [3.8, 4) is 5.75 Å². The smallest absolute Gasteiger partial charge is 0.115 e. The summed E-state index contributed by atoms with van der Waals surface area (Å²) in [6.45, 7) is 5.14. The third kappa shape index (κ3) is 1.95. The van der Waals surface area contributed by atoms with E-state index in [-0.39, 0.29) is 23.9 Å². The van der Waals surface area contributed by atoms with Crippen LogP contribution in [0.2, 0.25) is 0 Å². The molecule has 0 spiro atoms. The number of fused-ring (bicyclic) bond motifs is 4. The predicted octanol–water partition coefficient (Wildman–Crippen LogP) is 2.47. The molecule has 3 rings (SSSR count). The second-order valence-corrected chi connectivity index (χ2v) is 6.63. The number of aromatic hydroxyl groups is 1. The Kier molecular flexibility index (Phi) is 3.83. The van der Waals surface area contributed by atoms with Crippen molar-refractivity contribution in [3.63, 3.8) is 0 Å².